The van der Waals surface area contributed by atoms with Crippen molar-refractivity contribution in [3.05, 3.63) is 130 Å². The summed E-state index contributed by atoms with van der Waals surface area (Å²) in [6, 6.07) is 31.6. The Balaban J connectivity index is 1.42. The van der Waals surface area contributed by atoms with Gasteiger partial charge in [-0.25, -0.2) is 4.79 Å². The lowest BCUT2D eigenvalue weighted by atomic mass is 10.0. The maximum Gasteiger partial charge on any atom is 0.343 e. The number of halogens is 1. The fourth-order valence-corrected chi connectivity index (χ4v) is 3.42. The minimum absolute atomic E-state index is 0.0955. The average molecular weight is 483 g/mol. The minimum atomic E-state index is -0.437. The normalized spacial score (nSPS) is 10.8. The second kappa shape index (κ2) is 10.0. The summed E-state index contributed by atoms with van der Waals surface area (Å²) >= 11 is 3.34. The van der Waals surface area contributed by atoms with Crippen LogP contribution in [0.2, 0.25) is 0 Å². The third kappa shape index (κ3) is 5.48. The number of ketones is 1. The molecule has 3 nitrogen and oxygen atoms in total. The molecule has 156 valence electrons. The number of benzene rings is 4. The number of esters is 1. The van der Waals surface area contributed by atoms with Crippen molar-refractivity contribution < 1.29 is 14.3 Å². The van der Waals surface area contributed by atoms with Crippen LogP contribution in [-0.4, -0.2) is 11.8 Å². The Hall–Kier alpha value is -3.76. The van der Waals surface area contributed by atoms with E-state index in [4.69, 9.17) is 4.74 Å². The summed E-state index contributed by atoms with van der Waals surface area (Å²) < 4.78 is 6.34. The minimum Gasteiger partial charge on any atom is -0.423 e. The van der Waals surface area contributed by atoms with E-state index in [9.17, 15) is 9.59 Å². The molecule has 0 aromatic heterocycles. The Morgan fingerprint density at radius 3 is 2.06 bits per heavy atom. The monoisotopic (exact) mass is 482 g/mol. The number of carbonyl (C=O) groups is 2. The second-order valence-electron chi connectivity index (χ2n) is 7.11. The summed E-state index contributed by atoms with van der Waals surface area (Å²) in [4.78, 5) is 24.9. The van der Waals surface area contributed by atoms with E-state index in [1.807, 2.05) is 60.7 Å². The Kier molecular flexibility index (Phi) is 6.73. The van der Waals surface area contributed by atoms with Gasteiger partial charge in [0, 0.05) is 10.0 Å². The van der Waals surface area contributed by atoms with Gasteiger partial charge in [0.05, 0.1) is 5.56 Å². The summed E-state index contributed by atoms with van der Waals surface area (Å²) in [5, 5.41) is 0. The Morgan fingerprint density at radius 2 is 1.34 bits per heavy atom. The Bertz CT molecular complexity index is 1260. The zero-order chi connectivity index (χ0) is 22.3. The zero-order valence-corrected chi connectivity index (χ0v) is 18.7. The number of carbonyl (C=O) groups excluding carboxylic acids is 2. The van der Waals surface area contributed by atoms with Crippen LogP contribution in [0.3, 0.4) is 0 Å². The molecule has 0 atom stereocenters. The van der Waals surface area contributed by atoms with Gasteiger partial charge >= 0.3 is 5.97 Å². The molecule has 0 amide bonds. The van der Waals surface area contributed by atoms with E-state index in [1.54, 1.807) is 48.5 Å². The first-order valence-electron chi connectivity index (χ1n) is 10.0. The molecule has 0 heterocycles. The predicted molar refractivity (Wildman–Crippen MR) is 131 cm³/mol. The average Bonchev–Trinajstić information content (AvgIpc) is 2.84. The molecular weight excluding hydrogens is 464 g/mol. The summed E-state index contributed by atoms with van der Waals surface area (Å²) in [5.74, 6) is -0.116. The van der Waals surface area contributed by atoms with Gasteiger partial charge in [-0.3, -0.25) is 4.79 Å². The van der Waals surface area contributed by atoms with Crippen molar-refractivity contribution >= 4 is 33.8 Å². The quantitative estimate of drug-likeness (QED) is 0.126. The van der Waals surface area contributed by atoms with Crippen molar-refractivity contribution in [1.82, 2.24) is 0 Å². The first-order valence-corrected chi connectivity index (χ1v) is 10.8. The molecule has 4 rings (SSSR count). The van der Waals surface area contributed by atoms with Crippen LogP contribution in [0.25, 0.3) is 17.2 Å². The largest absolute Gasteiger partial charge is 0.423 e. The van der Waals surface area contributed by atoms with Gasteiger partial charge in [0.25, 0.3) is 0 Å². The van der Waals surface area contributed by atoms with E-state index in [0.29, 0.717) is 16.9 Å². The molecule has 0 radical (unpaired) electrons. The van der Waals surface area contributed by atoms with Crippen molar-refractivity contribution in [2.45, 2.75) is 0 Å². The fraction of sp³-hybridized carbons (Fsp3) is 0. The summed E-state index contributed by atoms with van der Waals surface area (Å²) in [6.45, 7) is 0. The smallest absolute Gasteiger partial charge is 0.343 e. The molecule has 0 fully saturated rings. The topological polar surface area (TPSA) is 43.4 Å². The lowest BCUT2D eigenvalue weighted by molar-refractivity contribution is 0.0734. The van der Waals surface area contributed by atoms with Crippen LogP contribution in [0.5, 0.6) is 5.75 Å². The highest BCUT2D eigenvalue weighted by Gasteiger charge is 2.09. The molecule has 0 aliphatic rings. The van der Waals surface area contributed by atoms with E-state index in [-0.39, 0.29) is 5.78 Å². The lowest BCUT2D eigenvalue weighted by Crippen LogP contribution is -2.08. The van der Waals surface area contributed by atoms with Crippen LogP contribution in [0.4, 0.5) is 0 Å². The summed E-state index contributed by atoms with van der Waals surface area (Å²) in [6.07, 6.45) is 3.23. The number of rotatable bonds is 6. The van der Waals surface area contributed by atoms with Crippen LogP contribution in [0.1, 0.15) is 26.3 Å². The zero-order valence-electron chi connectivity index (χ0n) is 17.1. The summed E-state index contributed by atoms with van der Waals surface area (Å²) in [7, 11) is 0. The van der Waals surface area contributed by atoms with Gasteiger partial charge < -0.3 is 4.74 Å². The number of ether oxygens (including phenoxy) is 1. The van der Waals surface area contributed by atoms with Crippen molar-refractivity contribution in [2.75, 3.05) is 0 Å². The molecule has 32 heavy (non-hydrogen) atoms. The van der Waals surface area contributed by atoms with Gasteiger partial charge in [0.1, 0.15) is 5.75 Å². The SMILES string of the molecule is O=C(/C=C/c1cccc(OC(=O)c2ccc(Br)cc2)c1)c1ccc(-c2ccccc2)cc1. The van der Waals surface area contributed by atoms with Crippen molar-refractivity contribution in [3.8, 4) is 16.9 Å². The molecule has 4 heteroatoms. The fourth-order valence-electron chi connectivity index (χ4n) is 3.16. The number of allylic oxidation sites excluding steroid dienone is 1. The van der Waals surface area contributed by atoms with Gasteiger partial charge in [-0.2, -0.15) is 0 Å². The molecule has 0 saturated carbocycles. The standard InChI is InChI=1S/C28H19BrO3/c29-25-16-14-24(15-17-25)28(31)32-26-8-4-5-20(19-26)9-18-27(30)23-12-10-22(11-13-23)21-6-2-1-3-7-21/h1-19H/b18-9+. The first kappa shape index (κ1) is 21.5. The van der Waals surface area contributed by atoms with Crippen LogP contribution < -0.4 is 4.74 Å². The molecule has 0 N–H and O–H groups in total. The van der Waals surface area contributed by atoms with E-state index < -0.39 is 5.97 Å². The van der Waals surface area contributed by atoms with Crippen LogP contribution >= 0.6 is 15.9 Å². The highest BCUT2D eigenvalue weighted by atomic mass is 79.9. The molecule has 0 unspecified atom stereocenters. The highest BCUT2D eigenvalue weighted by molar-refractivity contribution is 9.10. The predicted octanol–water partition coefficient (Wildman–Crippen LogP) is 7.23. The number of hydrogen-bond donors (Lipinski definition) is 0. The van der Waals surface area contributed by atoms with Crippen LogP contribution in [0.15, 0.2) is 114 Å². The van der Waals surface area contributed by atoms with E-state index >= 15 is 0 Å². The van der Waals surface area contributed by atoms with E-state index in [2.05, 4.69) is 15.9 Å². The van der Waals surface area contributed by atoms with E-state index in [1.165, 1.54) is 6.08 Å². The third-order valence-electron chi connectivity index (χ3n) is 4.85. The van der Waals surface area contributed by atoms with Gasteiger partial charge in [0.2, 0.25) is 0 Å². The molecular formula is C28H19BrO3. The third-order valence-corrected chi connectivity index (χ3v) is 5.38. The van der Waals surface area contributed by atoms with Gasteiger partial charge in [-0.15, -0.1) is 0 Å². The van der Waals surface area contributed by atoms with Gasteiger partial charge in [0.15, 0.2) is 5.78 Å². The molecule has 0 aliphatic heterocycles. The molecule has 0 spiro atoms. The second-order valence-corrected chi connectivity index (χ2v) is 8.03. The van der Waals surface area contributed by atoms with Crippen molar-refractivity contribution in [3.63, 3.8) is 0 Å². The van der Waals surface area contributed by atoms with Gasteiger partial charge in [-0.1, -0.05) is 88.7 Å². The lowest BCUT2D eigenvalue weighted by Gasteiger charge is -2.05. The molecule has 0 aliphatic carbocycles. The molecule has 4 aromatic rings. The maximum atomic E-state index is 12.6. The Labute approximate surface area is 195 Å². The van der Waals surface area contributed by atoms with Crippen LogP contribution in [0, 0.1) is 0 Å². The molecule has 0 bridgehead atoms. The Morgan fingerprint density at radius 1 is 0.688 bits per heavy atom. The van der Waals surface area contributed by atoms with Crippen molar-refractivity contribution in [1.29, 1.82) is 0 Å². The van der Waals surface area contributed by atoms with Crippen LogP contribution in [-0.2, 0) is 0 Å². The van der Waals surface area contributed by atoms with Gasteiger partial charge in [-0.05, 0) is 59.2 Å². The highest BCUT2D eigenvalue weighted by Crippen LogP contribution is 2.20. The maximum absolute atomic E-state index is 12.6. The molecule has 0 saturated heterocycles. The molecule has 4 aromatic carbocycles. The first-order chi connectivity index (χ1) is 15.6. The van der Waals surface area contributed by atoms with E-state index in [0.717, 1.165) is 21.2 Å². The van der Waals surface area contributed by atoms with Crippen molar-refractivity contribution in [2.24, 2.45) is 0 Å². The number of hydrogen-bond acceptors (Lipinski definition) is 3. The summed E-state index contributed by atoms with van der Waals surface area (Å²) in [5.41, 5.74) is 4.00.